The molecule has 2 aromatic rings. The lowest BCUT2D eigenvalue weighted by Gasteiger charge is -2.14. The summed E-state index contributed by atoms with van der Waals surface area (Å²) < 4.78 is 5.70. The highest BCUT2D eigenvalue weighted by molar-refractivity contribution is 7.80. The molecule has 2 aromatic carbocycles. The van der Waals surface area contributed by atoms with Gasteiger partial charge in [0, 0.05) is 17.3 Å². The SMILES string of the molecule is CCCCOc1ccccc1C(=O)NC(=S)Nc1cccc(C(=O)NC(C)C)c1. The summed E-state index contributed by atoms with van der Waals surface area (Å²) >= 11 is 5.26. The molecule has 0 bridgehead atoms. The van der Waals surface area contributed by atoms with Gasteiger partial charge in [0.25, 0.3) is 11.8 Å². The van der Waals surface area contributed by atoms with Crippen LogP contribution in [0.1, 0.15) is 54.3 Å². The van der Waals surface area contributed by atoms with Gasteiger partial charge in [0.15, 0.2) is 5.11 Å². The smallest absolute Gasteiger partial charge is 0.261 e. The van der Waals surface area contributed by atoms with E-state index < -0.39 is 0 Å². The van der Waals surface area contributed by atoms with Gasteiger partial charge in [0.05, 0.1) is 12.2 Å². The van der Waals surface area contributed by atoms with Crippen LogP contribution in [0.25, 0.3) is 0 Å². The number of hydrogen-bond donors (Lipinski definition) is 3. The Balaban J connectivity index is 2.01. The zero-order valence-electron chi connectivity index (χ0n) is 17.0. The Labute approximate surface area is 177 Å². The van der Waals surface area contributed by atoms with Crippen LogP contribution in [-0.2, 0) is 0 Å². The molecule has 154 valence electrons. The Hall–Kier alpha value is -2.93. The van der Waals surface area contributed by atoms with E-state index in [9.17, 15) is 9.59 Å². The number of rotatable bonds is 8. The number of nitrogens with one attached hydrogen (secondary N) is 3. The van der Waals surface area contributed by atoms with Crippen molar-refractivity contribution in [1.82, 2.24) is 10.6 Å². The lowest BCUT2D eigenvalue weighted by atomic mass is 10.1. The van der Waals surface area contributed by atoms with Crippen molar-refractivity contribution in [2.45, 2.75) is 39.7 Å². The maximum absolute atomic E-state index is 12.6. The molecule has 0 atom stereocenters. The second kappa shape index (κ2) is 11.2. The van der Waals surface area contributed by atoms with Crippen molar-refractivity contribution in [3.63, 3.8) is 0 Å². The fourth-order valence-corrected chi connectivity index (χ4v) is 2.73. The lowest BCUT2D eigenvalue weighted by Crippen LogP contribution is -2.34. The molecular weight excluding hydrogens is 386 g/mol. The molecule has 7 heteroatoms. The minimum absolute atomic E-state index is 0.0408. The maximum atomic E-state index is 12.6. The number of thiocarbonyl (C=S) groups is 1. The molecule has 0 unspecified atom stereocenters. The third-order valence-electron chi connectivity index (χ3n) is 3.92. The van der Waals surface area contributed by atoms with Crippen LogP contribution >= 0.6 is 12.2 Å². The Morgan fingerprint density at radius 2 is 1.83 bits per heavy atom. The van der Waals surface area contributed by atoms with Crippen molar-refractivity contribution in [3.05, 3.63) is 59.7 Å². The first-order valence-electron chi connectivity index (χ1n) is 9.65. The summed E-state index contributed by atoms with van der Waals surface area (Å²) in [5, 5.41) is 8.57. The molecule has 3 N–H and O–H groups in total. The molecule has 2 amide bonds. The van der Waals surface area contributed by atoms with Crippen LogP contribution in [0.3, 0.4) is 0 Å². The number of carbonyl (C=O) groups excluding carboxylic acids is 2. The van der Waals surface area contributed by atoms with Crippen molar-refractivity contribution in [2.24, 2.45) is 0 Å². The van der Waals surface area contributed by atoms with Gasteiger partial charge in [-0.3, -0.25) is 14.9 Å². The van der Waals surface area contributed by atoms with E-state index >= 15 is 0 Å². The summed E-state index contributed by atoms with van der Waals surface area (Å²) in [6, 6.07) is 14.0. The summed E-state index contributed by atoms with van der Waals surface area (Å²) in [6.45, 7) is 6.42. The van der Waals surface area contributed by atoms with E-state index in [2.05, 4.69) is 22.9 Å². The minimum atomic E-state index is -0.358. The van der Waals surface area contributed by atoms with Gasteiger partial charge in [-0.2, -0.15) is 0 Å². The van der Waals surface area contributed by atoms with Crippen LogP contribution < -0.4 is 20.7 Å². The normalized spacial score (nSPS) is 10.3. The Kier molecular flexibility index (Phi) is 8.61. The monoisotopic (exact) mass is 413 g/mol. The number of anilines is 1. The number of amides is 2. The van der Waals surface area contributed by atoms with Crippen molar-refractivity contribution in [2.75, 3.05) is 11.9 Å². The molecule has 0 fully saturated rings. The molecule has 0 spiro atoms. The molecule has 29 heavy (non-hydrogen) atoms. The second-order valence-electron chi connectivity index (χ2n) is 6.82. The van der Waals surface area contributed by atoms with Crippen LogP contribution in [0.5, 0.6) is 5.75 Å². The van der Waals surface area contributed by atoms with Gasteiger partial charge >= 0.3 is 0 Å². The number of ether oxygens (including phenoxy) is 1. The summed E-state index contributed by atoms with van der Waals surface area (Å²) in [5.74, 6) is -0.00586. The van der Waals surface area contributed by atoms with E-state index in [1.165, 1.54) is 0 Å². The van der Waals surface area contributed by atoms with Crippen molar-refractivity contribution >= 4 is 34.8 Å². The van der Waals surface area contributed by atoms with Crippen LogP contribution in [0.4, 0.5) is 5.69 Å². The van der Waals surface area contributed by atoms with Crippen LogP contribution in [0.15, 0.2) is 48.5 Å². The van der Waals surface area contributed by atoms with E-state index in [-0.39, 0.29) is 23.0 Å². The standard InChI is InChI=1S/C22H27N3O3S/c1-4-5-13-28-19-12-7-6-11-18(19)21(27)25-22(29)24-17-10-8-9-16(14-17)20(26)23-15(2)3/h6-12,14-15H,4-5,13H2,1-3H3,(H,23,26)(H2,24,25,27,29). The van der Waals surface area contributed by atoms with Crippen LogP contribution in [-0.4, -0.2) is 29.6 Å². The van der Waals surface area contributed by atoms with Gasteiger partial charge in [0.2, 0.25) is 0 Å². The topological polar surface area (TPSA) is 79.5 Å². The Morgan fingerprint density at radius 3 is 2.55 bits per heavy atom. The highest BCUT2D eigenvalue weighted by Gasteiger charge is 2.14. The van der Waals surface area contributed by atoms with Crippen molar-refractivity contribution < 1.29 is 14.3 Å². The first-order chi connectivity index (χ1) is 13.9. The summed E-state index contributed by atoms with van der Waals surface area (Å²) in [5.41, 5.74) is 1.53. The molecule has 0 aliphatic carbocycles. The van der Waals surface area contributed by atoms with E-state index in [1.807, 2.05) is 19.9 Å². The van der Waals surface area contributed by atoms with Gasteiger partial charge in [0.1, 0.15) is 5.75 Å². The van der Waals surface area contributed by atoms with Gasteiger partial charge in [-0.1, -0.05) is 31.5 Å². The van der Waals surface area contributed by atoms with Gasteiger partial charge < -0.3 is 15.4 Å². The third-order valence-corrected chi connectivity index (χ3v) is 4.12. The quantitative estimate of drug-likeness (QED) is 0.448. The molecule has 0 saturated heterocycles. The third kappa shape index (κ3) is 7.19. The number of para-hydroxylation sites is 1. The molecule has 0 aromatic heterocycles. The molecular formula is C22H27N3O3S. The number of benzene rings is 2. The highest BCUT2D eigenvalue weighted by atomic mass is 32.1. The van der Waals surface area contributed by atoms with E-state index in [1.54, 1.807) is 42.5 Å². The summed E-state index contributed by atoms with van der Waals surface area (Å²) in [6.07, 6.45) is 1.92. The van der Waals surface area contributed by atoms with Crippen LogP contribution in [0.2, 0.25) is 0 Å². The average Bonchev–Trinajstić information content (AvgIpc) is 2.68. The van der Waals surface area contributed by atoms with Crippen molar-refractivity contribution in [1.29, 1.82) is 0 Å². The largest absolute Gasteiger partial charge is 0.493 e. The van der Waals surface area contributed by atoms with Crippen molar-refractivity contribution in [3.8, 4) is 5.75 Å². The Bertz CT molecular complexity index is 868. The zero-order valence-corrected chi connectivity index (χ0v) is 17.8. The Morgan fingerprint density at radius 1 is 1.07 bits per heavy atom. The number of unbranched alkanes of at least 4 members (excludes halogenated alkanes) is 1. The van der Waals surface area contributed by atoms with Gasteiger partial charge in [-0.15, -0.1) is 0 Å². The molecule has 0 aliphatic heterocycles. The maximum Gasteiger partial charge on any atom is 0.261 e. The summed E-state index contributed by atoms with van der Waals surface area (Å²) in [7, 11) is 0. The first kappa shape index (κ1) is 22.4. The van der Waals surface area contributed by atoms with E-state index in [4.69, 9.17) is 17.0 Å². The minimum Gasteiger partial charge on any atom is -0.493 e. The molecule has 0 saturated carbocycles. The number of carbonyl (C=O) groups is 2. The zero-order chi connectivity index (χ0) is 21.2. The fraction of sp³-hybridized carbons (Fsp3) is 0.318. The first-order valence-corrected chi connectivity index (χ1v) is 10.1. The number of hydrogen-bond acceptors (Lipinski definition) is 4. The second-order valence-corrected chi connectivity index (χ2v) is 7.22. The van der Waals surface area contributed by atoms with Gasteiger partial charge in [-0.05, 0) is 62.8 Å². The molecule has 6 nitrogen and oxygen atoms in total. The molecule has 0 aliphatic rings. The van der Waals surface area contributed by atoms with E-state index in [0.717, 1.165) is 12.8 Å². The molecule has 2 rings (SSSR count). The van der Waals surface area contributed by atoms with Crippen LogP contribution in [0, 0.1) is 0 Å². The predicted octanol–water partition coefficient (Wildman–Crippen LogP) is 4.13. The van der Waals surface area contributed by atoms with Gasteiger partial charge in [-0.25, -0.2) is 0 Å². The molecule has 0 radical (unpaired) electrons. The average molecular weight is 414 g/mol. The lowest BCUT2D eigenvalue weighted by molar-refractivity contribution is 0.0940. The molecule has 0 heterocycles. The fourth-order valence-electron chi connectivity index (χ4n) is 2.52. The predicted molar refractivity (Wildman–Crippen MR) is 120 cm³/mol. The van der Waals surface area contributed by atoms with E-state index in [0.29, 0.717) is 29.2 Å². The summed E-state index contributed by atoms with van der Waals surface area (Å²) in [4.78, 5) is 24.8. The highest BCUT2D eigenvalue weighted by Crippen LogP contribution is 2.18.